The molecule has 2 heterocycles. The largest absolute Gasteiger partial charge is 0.422 e. The zero-order chi connectivity index (χ0) is 20.4. The van der Waals surface area contributed by atoms with Crippen molar-refractivity contribution in [2.45, 2.75) is 0 Å². The third-order valence-electron chi connectivity index (χ3n) is 4.49. The molecule has 0 spiro atoms. The highest BCUT2D eigenvalue weighted by molar-refractivity contribution is 7.11. The van der Waals surface area contributed by atoms with Crippen LogP contribution in [0.15, 0.2) is 69.2 Å². The highest BCUT2D eigenvalue weighted by atomic mass is 32.1. The number of benzene rings is 2. The summed E-state index contributed by atoms with van der Waals surface area (Å²) < 4.78 is 5.39. The van der Waals surface area contributed by atoms with Gasteiger partial charge in [-0.25, -0.2) is 9.78 Å². The van der Waals surface area contributed by atoms with Gasteiger partial charge >= 0.3 is 5.63 Å². The maximum atomic E-state index is 12.4. The molecule has 5 nitrogen and oxygen atoms in total. The zero-order valence-corrected chi connectivity index (χ0v) is 16.7. The van der Waals surface area contributed by atoms with Crippen molar-refractivity contribution in [3.63, 3.8) is 0 Å². The standard InChI is InChI=1S/C23H17N3O2S/c1-26(2)18-9-7-15(8-10-18)11-17(13-24)22-25-20(14-29-22)19-12-16-5-3-4-6-21(16)28-23(19)27/h3-12,14H,1-2H3/b17-11-. The molecule has 0 aliphatic rings. The fourth-order valence-electron chi connectivity index (χ4n) is 2.94. The van der Waals surface area contributed by atoms with E-state index in [1.807, 2.05) is 61.5 Å². The second-order valence-electron chi connectivity index (χ2n) is 6.68. The smallest absolute Gasteiger partial charge is 0.345 e. The number of nitrogens with zero attached hydrogens (tertiary/aromatic N) is 3. The van der Waals surface area contributed by atoms with Gasteiger partial charge < -0.3 is 9.32 Å². The Labute approximate surface area is 171 Å². The van der Waals surface area contributed by atoms with Crippen LogP contribution in [-0.4, -0.2) is 19.1 Å². The van der Waals surface area contributed by atoms with Gasteiger partial charge in [-0.15, -0.1) is 11.3 Å². The number of thiazole rings is 1. The summed E-state index contributed by atoms with van der Waals surface area (Å²) in [7, 11) is 3.96. The Balaban J connectivity index is 1.70. The first-order valence-electron chi connectivity index (χ1n) is 8.93. The Hall–Kier alpha value is -3.69. The molecule has 4 aromatic rings. The first-order chi connectivity index (χ1) is 14.0. The van der Waals surface area contributed by atoms with E-state index in [1.54, 1.807) is 23.6 Å². The lowest BCUT2D eigenvalue weighted by molar-refractivity contribution is 0.563. The van der Waals surface area contributed by atoms with Crippen molar-refractivity contribution >= 4 is 39.6 Å². The van der Waals surface area contributed by atoms with Crippen LogP contribution in [0.3, 0.4) is 0 Å². The van der Waals surface area contributed by atoms with Crippen LogP contribution in [0, 0.1) is 11.3 Å². The van der Waals surface area contributed by atoms with Gasteiger partial charge in [0.15, 0.2) is 0 Å². The molecule has 0 aliphatic carbocycles. The number of nitriles is 1. The normalized spacial score (nSPS) is 11.4. The fourth-order valence-corrected chi connectivity index (χ4v) is 3.72. The van der Waals surface area contributed by atoms with E-state index in [9.17, 15) is 10.1 Å². The number of rotatable bonds is 4. The molecule has 142 valence electrons. The van der Waals surface area contributed by atoms with Gasteiger partial charge in [0.05, 0.1) is 16.8 Å². The Bertz CT molecular complexity index is 1310. The molecule has 0 fully saturated rings. The van der Waals surface area contributed by atoms with Gasteiger partial charge in [-0.05, 0) is 35.9 Å². The van der Waals surface area contributed by atoms with Gasteiger partial charge in [0.2, 0.25) is 0 Å². The first-order valence-corrected chi connectivity index (χ1v) is 9.81. The molecule has 0 saturated heterocycles. The molecule has 29 heavy (non-hydrogen) atoms. The number of aromatic nitrogens is 1. The van der Waals surface area contributed by atoms with E-state index in [4.69, 9.17) is 4.42 Å². The number of hydrogen-bond acceptors (Lipinski definition) is 6. The SMILES string of the molecule is CN(C)c1ccc(/C=C(/C#N)c2nc(-c3cc4ccccc4oc3=O)cs2)cc1. The van der Waals surface area contributed by atoms with Gasteiger partial charge in [-0.1, -0.05) is 30.3 Å². The number of anilines is 1. The molecule has 2 aromatic heterocycles. The van der Waals surface area contributed by atoms with Crippen LogP contribution >= 0.6 is 11.3 Å². The van der Waals surface area contributed by atoms with Gasteiger partial charge in [0.1, 0.15) is 16.7 Å². The number of hydrogen-bond donors (Lipinski definition) is 0. The summed E-state index contributed by atoms with van der Waals surface area (Å²) in [6, 6.07) is 19.2. The molecule has 0 aliphatic heterocycles. The molecule has 0 N–H and O–H groups in total. The summed E-state index contributed by atoms with van der Waals surface area (Å²) in [5.41, 5.74) is 3.43. The predicted molar refractivity (Wildman–Crippen MR) is 118 cm³/mol. The Morgan fingerprint density at radius 3 is 2.66 bits per heavy atom. The zero-order valence-electron chi connectivity index (χ0n) is 15.9. The van der Waals surface area contributed by atoms with E-state index in [-0.39, 0.29) is 0 Å². The maximum absolute atomic E-state index is 12.4. The van der Waals surface area contributed by atoms with Gasteiger partial charge in [0.25, 0.3) is 0 Å². The van der Waals surface area contributed by atoms with Crippen LogP contribution in [0.1, 0.15) is 10.6 Å². The molecular weight excluding hydrogens is 382 g/mol. The van der Waals surface area contributed by atoms with E-state index >= 15 is 0 Å². The average Bonchev–Trinajstić information content (AvgIpc) is 3.21. The van der Waals surface area contributed by atoms with Crippen LogP contribution in [-0.2, 0) is 0 Å². The number of fused-ring (bicyclic) bond motifs is 1. The number of para-hydroxylation sites is 1. The molecule has 0 unspecified atom stereocenters. The van der Waals surface area contributed by atoms with Gasteiger partial charge in [-0.3, -0.25) is 0 Å². The lowest BCUT2D eigenvalue weighted by Gasteiger charge is -2.11. The fraction of sp³-hybridized carbons (Fsp3) is 0.0870. The van der Waals surface area contributed by atoms with Crippen LogP contribution in [0.5, 0.6) is 0 Å². The molecular formula is C23H17N3O2S. The lowest BCUT2D eigenvalue weighted by atomic mass is 10.1. The Morgan fingerprint density at radius 2 is 1.93 bits per heavy atom. The van der Waals surface area contributed by atoms with Crippen LogP contribution in [0.2, 0.25) is 0 Å². The third kappa shape index (κ3) is 3.82. The lowest BCUT2D eigenvalue weighted by Crippen LogP contribution is -2.07. The van der Waals surface area contributed by atoms with Crippen molar-refractivity contribution in [2.75, 3.05) is 19.0 Å². The number of allylic oxidation sites excluding steroid dienone is 1. The molecule has 0 bridgehead atoms. The molecule has 4 rings (SSSR count). The van der Waals surface area contributed by atoms with Crippen molar-refractivity contribution < 1.29 is 4.42 Å². The summed E-state index contributed by atoms with van der Waals surface area (Å²) in [6.45, 7) is 0. The van der Waals surface area contributed by atoms with Crippen LogP contribution < -0.4 is 10.5 Å². The minimum Gasteiger partial charge on any atom is -0.422 e. The Kier molecular flexibility index (Phi) is 4.98. The molecule has 0 atom stereocenters. The van der Waals surface area contributed by atoms with Gasteiger partial charge in [-0.2, -0.15) is 5.26 Å². The van der Waals surface area contributed by atoms with Crippen molar-refractivity contribution in [1.29, 1.82) is 5.26 Å². The third-order valence-corrected chi connectivity index (χ3v) is 5.37. The summed E-state index contributed by atoms with van der Waals surface area (Å²) in [6.07, 6.45) is 1.80. The quantitative estimate of drug-likeness (QED) is 0.355. The van der Waals surface area contributed by atoms with Crippen molar-refractivity contribution in [1.82, 2.24) is 4.98 Å². The molecule has 0 radical (unpaired) electrons. The molecule has 0 amide bonds. The predicted octanol–water partition coefficient (Wildman–Crippen LogP) is 5.05. The van der Waals surface area contributed by atoms with E-state index < -0.39 is 5.63 Å². The highest BCUT2D eigenvalue weighted by Gasteiger charge is 2.13. The molecule has 2 aromatic carbocycles. The second kappa shape index (κ2) is 7.74. The monoisotopic (exact) mass is 399 g/mol. The van der Waals surface area contributed by atoms with Crippen LogP contribution in [0.4, 0.5) is 5.69 Å². The maximum Gasteiger partial charge on any atom is 0.345 e. The van der Waals surface area contributed by atoms with Crippen LogP contribution in [0.25, 0.3) is 33.9 Å². The highest BCUT2D eigenvalue weighted by Crippen LogP contribution is 2.27. The van der Waals surface area contributed by atoms with E-state index in [1.165, 1.54) is 11.3 Å². The van der Waals surface area contributed by atoms with E-state index in [0.29, 0.717) is 27.4 Å². The summed E-state index contributed by atoms with van der Waals surface area (Å²) in [5, 5.41) is 12.8. The summed E-state index contributed by atoms with van der Waals surface area (Å²) >= 11 is 1.33. The minimum absolute atomic E-state index is 0.388. The van der Waals surface area contributed by atoms with E-state index in [2.05, 4.69) is 11.1 Å². The van der Waals surface area contributed by atoms with Gasteiger partial charge in [0, 0.05) is 30.5 Å². The Morgan fingerprint density at radius 1 is 1.17 bits per heavy atom. The summed E-state index contributed by atoms with van der Waals surface area (Å²) in [4.78, 5) is 18.9. The topological polar surface area (TPSA) is 70.1 Å². The van der Waals surface area contributed by atoms with E-state index in [0.717, 1.165) is 16.6 Å². The van der Waals surface area contributed by atoms with Crippen molar-refractivity contribution in [2.24, 2.45) is 0 Å². The molecule has 6 heteroatoms. The summed E-state index contributed by atoms with van der Waals surface area (Å²) in [5.74, 6) is 0. The second-order valence-corrected chi connectivity index (χ2v) is 7.54. The first kappa shape index (κ1) is 18.7. The average molecular weight is 399 g/mol. The van der Waals surface area contributed by atoms with Crippen molar-refractivity contribution in [3.05, 3.63) is 81.0 Å². The molecule has 0 saturated carbocycles. The van der Waals surface area contributed by atoms with Crippen molar-refractivity contribution in [3.8, 4) is 17.3 Å². The minimum atomic E-state index is -0.442.